The summed E-state index contributed by atoms with van der Waals surface area (Å²) in [6.07, 6.45) is 7.57. The fourth-order valence-corrected chi connectivity index (χ4v) is 7.47. The maximum Gasteiger partial charge on any atom is 0.257 e. The third-order valence-electron chi connectivity index (χ3n) is 10.3. The van der Waals surface area contributed by atoms with Gasteiger partial charge in [-0.05, 0) is 78.6 Å². The smallest absolute Gasteiger partial charge is 0.257 e. The molecule has 0 aliphatic carbocycles. The van der Waals surface area contributed by atoms with Crippen LogP contribution in [0.25, 0.3) is 0 Å². The van der Waals surface area contributed by atoms with Gasteiger partial charge in [-0.1, -0.05) is 30.3 Å². The van der Waals surface area contributed by atoms with E-state index in [9.17, 15) is 9.59 Å². The molecule has 4 aliphatic rings. The van der Waals surface area contributed by atoms with E-state index in [0.29, 0.717) is 83.9 Å². The van der Waals surface area contributed by atoms with Gasteiger partial charge in [-0.15, -0.1) is 0 Å². The SMILES string of the molecule is COc1cc2c(cc1OCCCCCOc1cc3c(cc1OC)C(=O)N1Cc4ccccc4C[C@H]1C=N3)N=CC1Cc3ccc(N)cc3CN1C2=O. The van der Waals surface area contributed by atoms with E-state index in [1.54, 1.807) is 38.5 Å². The Bertz CT molecular complexity index is 2110. The van der Waals surface area contributed by atoms with Crippen molar-refractivity contribution in [3.05, 3.63) is 100 Å². The number of carbonyl (C=O) groups excluding carboxylic acids is 2. The number of benzene rings is 4. The summed E-state index contributed by atoms with van der Waals surface area (Å²) in [4.78, 5) is 40.6. The second-order valence-corrected chi connectivity index (χ2v) is 13.6. The number of nitrogens with two attached hydrogens (primary N) is 1. The minimum atomic E-state index is -0.143. The van der Waals surface area contributed by atoms with Gasteiger partial charge in [0.25, 0.3) is 11.8 Å². The maximum absolute atomic E-state index is 13.7. The van der Waals surface area contributed by atoms with Gasteiger partial charge < -0.3 is 34.5 Å². The number of hydrogen-bond acceptors (Lipinski definition) is 9. The van der Waals surface area contributed by atoms with Gasteiger partial charge in [0.15, 0.2) is 23.0 Å². The average Bonchev–Trinajstić information content (AvgIpc) is 3.38. The van der Waals surface area contributed by atoms with Crippen LogP contribution in [0.5, 0.6) is 23.0 Å². The van der Waals surface area contributed by atoms with Gasteiger partial charge in [-0.3, -0.25) is 19.6 Å². The van der Waals surface area contributed by atoms with E-state index >= 15 is 0 Å². The van der Waals surface area contributed by atoms with Crippen molar-refractivity contribution in [1.82, 2.24) is 9.80 Å². The number of nitrogen functional groups attached to an aromatic ring is 1. The Hall–Kier alpha value is -5.84. The van der Waals surface area contributed by atoms with Gasteiger partial charge in [0.2, 0.25) is 0 Å². The number of aliphatic imine (C=N–C) groups is 2. The molecule has 0 bridgehead atoms. The number of fused-ring (bicyclic) bond motifs is 6. The molecule has 4 heterocycles. The summed E-state index contributed by atoms with van der Waals surface area (Å²) in [5.41, 5.74) is 13.5. The Labute approximate surface area is 302 Å². The standard InChI is InChI=1S/C41H41N5O6/c1-49-36-17-32-34(43-21-30-15-25-8-4-5-9-27(25)23-45(30)40(32)47)19-38(36)51-12-6-3-7-13-52-39-20-35-33(18-37(39)50-2)41(48)46-24-28-14-29(42)11-10-26(28)16-31(46)22-44-35/h4-5,8-11,14,17-22,30-31H,3,6-7,12-13,15-16,23-24,42H2,1-2H3/t30-,31?/m0/s1. The molecule has 2 atom stereocenters. The molecule has 0 fully saturated rings. The lowest BCUT2D eigenvalue weighted by atomic mass is 9.93. The highest BCUT2D eigenvalue weighted by Gasteiger charge is 2.35. The first-order valence-electron chi connectivity index (χ1n) is 17.7. The normalized spacial score (nSPS) is 18.2. The minimum absolute atomic E-state index is 0.0610. The van der Waals surface area contributed by atoms with Crippen LogP contribution in [0.4, 0.5) is 17.1 Å². The first kappa shape index (κ1) is 33.3. The molecule has 2 N–H and O–H groups in total. The summed E-state index contributed by atoms with van der Waals surface area (Å²) in [6.45, 7) is 1.94. The van der Waals surface area contributed by atoms with Crippen molar-refractivity contribution in [1.29, 1.82) is 0 Å². The lowest BCUT2D eigenvalue weighted by Crippen LogP contribution is -2.44. The van der Waals surface area contributed by atoms with Crippen molar-refractivity contribution in [2.45, 2.75) is 57.3 Å². The van der Waals surface area contributed by atoms with Crippen molar-refractivity contribution in [2.75, 3.05) is 33.2 Å². The van der Waals surface area contributed by atoms with Gasteiger partial charge in [0, 0.05) is 43.3 Å². The fraction of sp³-hybridized carbons (Fsp3) is 0.317. The van der Waals surface area contributed by atoms with Gasteiger partial charge in [-0.2, -0.15) is 0 Å². The predicted octanol–water partition coefficient (Wildman–Crippen LogP) is 6.48. The lowest BCUT2D eigenvalue weighted by molar-refractivity contribution is 0.0696. The minimum Gasteiger partial charge on any atom is -0.493 e. The number of unbranched alkanes of at least 4 members (excludes halogenated alkanes) is 2. The fourth-order valence-electron chi connectivity index (χ4n) is 7.47. The molecule has 266 valence electrons. The van der Waals surface area contributed by atoms with Crippen LogP contribution in [-0.2, 0) is 25.9 Å². The average molecular weight is 700 g/mol. The first-order valence-corrected chi connectivity index (χ1v) is 17.7. The maximum atomic E-state index is 13.7. The molecule has 4 aromatic rings. The number of anilines is 1. The largest absolute Gasteiger partial charge is 0.493 e. The summed E-state index contributed by atoms with van der Waals surface area (Å²) in [6, 6.07) is 20.9. The third kappa shape index (κ3) is 6.31. The molecule has 11 nitrogen and oxygen atoms in total. The van der Waals surface area contributed by atoms with Gasteiger partial charge in [-0.25, -0.2) is 0 Å². The molecule has 0 radical (unpaired) electrons. The summed E-state index contributed by atoms with van der Waals surface area (Å²) < 4.78 is 23.6. The van der Waals surface area contributed by atoms with Gasteiger partial charge in [0.05, 0.1) is 62.0 Å². The molecule has 0 spiro atoms. The number of ether oxygens (including phenoxy) is 4. The van der Waals surface area contributed by atoms with Crippen LogP contribution in [0.2, 0.25) is 0 Å². The van der Waals surface area contributed by atoms with E-state index in [0.717, 1.165) is 31.2 Å². The topological polar surface area (TPSA) is 128 Å². The number of amides is 2. The van der Waals surface area contributed by atoms with Crippen LogP contribution >= 0.6 is 0 Å². The number of carbonyl (C=O) groups is 2. The Balaban J connectivity index is 0.864. The number of rotatable bonds is 10. The highest BCUT2D eigenvalue weighted by molar-refractivity contribution is 6.04. The predicted molar refractivity (Wildman–Crippen MR) is 199 cm³/mol. The number of hydrogen-bond donors (Lipinski definition) is 1. The summed E-state index contributed by atoms with van der Waals surface area (Å²) in [5, 5.41) is 0. The summed E-state index contributed by atoms with van der Waals surface area (Å²) >= 11 is 0. The summed E-state index contributed by atoms with van der Waals surface area (Å²) in [7, 11) is 3.15. The van der Waals surface area contributed by atoms with Crippen molar-refractivity contribution in [3.8, 4) is 23.0 Å². The highest BCUT2D eigenvalue weighted by atomic mass is 16.5. The van der Waals surface area contributed by atoms with Crippen LogP contribution in [0, 0.1) is 0 Å². The molecule has 1 unspecified atom stereocenters. The molecule has 52 heavy (non-hydrogen) atoms. The monoisotopic (exact) mass is 699 g/mol. The van der Waals surface area contributed by atoms with E-state index in [2.05, 4.69) is 12.1 Å². The first-order chi connectivity index (χ1) is 25.4. The van der Waals surface area contributed by atoms with Crippen molar-refractivity contribution >= 4 is 41.3 Å². The zero-order valence-electron chi connectivity index (χ0n) is 29.3. The van der Waals surface area contributed by atoms with E-state index < -0.39 is 0 Å². The number of nitrogens with zero attached hydrogens (tertiary/aromatic N) is 4. The zero-order valence-corrected chi connectivity index (χ0v) is 29.3. The quantitative estimate of drug-likeness (QED) is 0.148. The van der Waals surface area contributed by atoms with E-state index in [4.69, 9.17) is 34.7 Å². The van der Waals surface area contributed by atoms with Crippen molar-refractivity contribution < 1.29 is 28.5 Å². The van der Waals surface area contributed by atoms with Crippen LogP contribution in [-0.4, -0.2) is 73.6 Å². The van der Waals surface area contributed by atoms with E-state index in [1.165, 1.54) is 16.7 Å². The van der Waals surface area contributed by atoms with Gasteiger partial charge in [0.1, 0.15) is 0 Å². The Morgan fingerprint density at radius 3 is 1.71 bits per heavy atom. The lowest BCUT2D eigenvalue weighted by Gasteiger charge is -2.34. The Morgan fingerprint density at radius 1 is 0.635 bits per heavy atom. The van der Waals surface area contributed by atoms with E-state index in [1.807, 2.05) is 52.6 Å². The molecular weight excluding hydrogens is 658 g/mol. The third-order valence-corrected chi connectivity index (χ3v) is 10.3. The van der Waals surface area contributed by atoms with Crippen LogP contribution in [0.15, 0.2) is 76.7 Å². The van der Waals surface area contributed by atoms with Crippen molar-refractivity contribution in [2.24, 2.45) is 9.98 Å². The molecule has 0 saturated heterocycles. The van der Waals surface area contributed by atoms with Crippen LogP contribution in [0.3, 0.4) is 0 Å². The van der Waals surface area contributed by atoms with Crippen LogP contribution in [0.1, 0.15) is 62.2 Å². The Morgan fingerprint density at radius 2 is 1.15 bits per heavy atom. The molecule has 8 rings (SSSR count). The molecule has 2 amide bonds. The Kier molecular flexibility index (Phi) is 9.00. The number of methoxy groups -OCH3 is 2. The molecular formula is C41H41N5O6. The molecule has 0 aromatic heterocycles. The van der Waals surface area contributed by atoms with Gasteiger partial charge >= 0.3 is 0 Å². The molecule has 0 saturated carbocycles. The second-order valence-electron chi connectivity index (χ2n) is 13.6. The second kappa shape index (κ2) is 14.1. The van der Waals surface area contributed by atoms with Crippen molar-refractivity contribution in [3.63, 3.8) is 0 Å². The zero-order chi connectivity index (χ0) is 35.8. The highest BCUT2D eigenvalue weighted by Crippen LogP contribution is 2.40. The molecule has 4 aliphatic heterocycles. The summed E-state index contributed by atoms with van der Waals surface area (Å²) in [5.74, 6) is 1.93. The van der Waals surface area contributed by atoms with Crippen LogP contribution < -0.4 is 24.7 Å². The van der Waals surface area contributed by atoms with E-state index in [-0.39, 0.29) is 23.9 Å². The molecule has 11 heteroatoms. The molecule has 4 aromatic carbocycles.